The van der Waals surface area contributed by atoms with Gasteiger partial charge in [-0.15, -0.1) is 11.8 Å². The number of amides is 1. The minimum Gasteiger partial charge on any atom is -0.324 e. The van der Waals surface area contributed by atoms with Crippen LogP contribution < -0.4 is 5.32 Å². The van der Waals surface area contributed by atoms with E-state index in [9.17, 15) is 4.79 Å². The van der Waals surface area contributed by atoms with Gasteiger partial charge in [0.15, 0.2) is 0 Å². The molecule has 21 heavy (non-hydrogen) atoms. The van der Waals surface area contributed by atoms with Crippen molar-refractivity contribution in [2.45, 2.75) is 17.1 Å². The Morgan fingerprint density at radius 1 is 1.10 bits per heavy atom. The highest BCUT2D eigenvalue weighted by Crippen LogP contribution is 2.31. The molecule has 0 heterocycles. The molecule has 0 saturated heterocycles. The first kappa shape index (κ1) is 16.5. The van der Waals surface area contributed by atoms with Gasteiger partial charge in [-0.25, -0.2) is 0 Å². The van der Waals surface area contributed by atoms with Gasteiger partial charge in [-0.3, -0.25) is 4.79 Å². The van der Waals surface area contributed by atoms with Crippen LogP contribution >= 0.6 is 46.6 Å². The first-order valence-corrected chi connectivity index (χ1v) is 8.16. The van der Waals surface area contributed by atoms with Crippen LogP contribution in [0.15, 0.2) is 47.4 Å². The number of anilines is 1. The first-order valence-electron chi connectivity index (χ1n) is 6.14. The maximum absolute atomic E-state index is 12.2. The van der Waals surface area contributed by atoms with Crippen molar-refractivity contribution < 1.29 is 4.79 Å². The van der Waals surface area contributed by atoms with Crippen LogP contribution in [0.25, 0.3) is 0 Å². The molecule has 0 aromatic heterocycles. The molecular formula is C15H12Cl3NOS. The van der Waals surface area contributed by atoms with Crippen molar-refractivity contribution in [1.29, 1.82) is 0 Å². The summed E-state index contributed by atoms with van der Waals surface area (Å²) in [6.45, 7) is 1.83. The molecule has 0 aliphatic rings. The zero-order valence-corrected chi connectivity index (χ0v) is 14.2. The van der Waals surface area contributed by atoms with Crippen LogP contribution in [0.4, 0.5) is 5.69 Å². The van der Waals surface area contributed by atoms with E-state index in [1.165, 1.54) is 11.8 Å². The highest BCUT2D eigenvalue weighted by molar-refractivity contribution is 8.00. The molecule has 0 bridgehead atoms. The molecule has 110 valence electrons. The number of hydrogen-bond donors (Lipinski definition) is 1. The van der Waals surface area contributed by atoms with Gasteiger partial charge < -0.3 is 5.32 Å². The Morgan fingerprint density at radius 2 is 1.76 bits per heavy atom. The van der Waals surface area contributed by atoms with Crippen LogP contribution in [0, 0.1) is 0 Å². The lowest BCUT2D eigenvalue weighted by atomic mass is 10.3. The number of carbonyl (C=O) groups excluding carboxylic acids is 1. The molecule has 0 aliphatic carbocycles. The SMILES string of the molecule is C[C@@H](Sc1ccc(Cl)cc1)C(=O)Nc1cccc(Cl)c1Cl. The maximum Gasteiger partial charge on any atom is 0.237 e. The monoisotopic (exact) mass is 359 g/mol. The molecular weight excluding hydrogens is 349 g/mol. The lowest BCUT2D eigenvalue weighted by Gasteiger charge is -2.13. The van der Waals surface area contributed by atoms with E-state index in [1.54, 1.807) is 30.3 Å². The van der Waals surface area contributed by atoms with E-state index < -0.39 is 0 Å². The molecule has 2 rings (SSSR count). The van der Waals surface area contributed by atoms with Gasteiger partial charge in [0.1, 0.15) is 0 Å². The van der Waals surface area contributed by atoms with E-state index >= 15 is 0 Å². The predicted octanol–water partition coefficient (Wildman–Crippen LogP) is 5.77. The quantitative estimate of drug-likeness (QED) is 0.702. The first-order chi connectivity index (χ1) is 9.97. The third kappa shape index (κ3) is 4.55. The largest absolute Gasteiger partial charge is 0.324 e. The minimum atomic E-state index is -0.277. The highest BCUT2D eigenvalue weighted by atomic mass is 35.5. The summed E-state index contributed by atoms with van der Waals surface area (Å²) in [6, 6.07) is 12.5. The number of hydrogen-bond acceptors (Lipinski definition) is 2. The molecule has 1 amide bonds. The lowest BCUT2D eigenvalue weighted by Crippen LogP contribution is -2.22. The predicted molar refractivity (Wildman–Crippen MR) is 91.9 cm³/mol. The summed E-state index contributed by atoms with van der Waals surface area (Å²) in [5, 5.41) is 3.93. The average Bonchev–Trinajstić information content (AvgIpc) is 2.46. The molecule has 0 fully saturated rings. The number of rotatable bonds is 4. The van der Waals surface area contributed by atoms with Crippen molar-refractivity contribution in [2.75, 3.05) is 5.32 Å². The molecule has 2 aromatic rings. The van der Waals surface area contributed by atoms with Gasteiger partial charge >= 0.3 is 0 Å². The molecule has 6 heteroatoms. The second-order valence-corrected chi connectivity index (χ2v) is 6.94. The molecule has 0 unspecified atom stereocenters. The number of halogens is 3. The third-order valence-corrected chi connectivity index (χ3v) is 4.89. The smallest absolute Gasteiger partial charge is 0.237 e. The topological polar surface area (TPSA) is 29.1 Å². The average molecular weight is 361 g/mol. The summed E-state index contributed by atoms with van der Waals surface area (Å²) in [4.78, 5) is 13.2. The van der Waals surface area contributed by atoms with Gasteiger partial charge in [-0.1, -0.05) is 40.9 Å². The van der Waals surface area contributed by atoms with Crippen LogP contribution in [-0.2, 0) is 4.79 Å². The van der Waals surface area contributed by atoms with E-state index in [-0.39, 0.29) is 11.2 Å². The van der Waals surface area contributed by atoms with Gasteiger partial charge in [0.2, 0.25) is 5.91 Å². The van der Waals surface area contributed by atoms with Crippen LogP contribution in [0.5, 0.6) is 0 Å². The molecule has 1 N–H and O–H groups in total. The Balaban J connectivity index is 2.02. The second-order valence-electron chi connectivity index (χ2n) is 4.30. The summed E-state index contributed by atoms with van der Waals surface area (Å²) in [7, 11) is 0. The molecule has 0 saturated carbocycles. The van der Waals surface area contributed by atoms with Crippen molar-refractivity contribution in [1.82, 2.24) is 0 Å². The van der Waals surface area contributed by atoms with Crippen molar-refractivity contribution in [2.24, 2.45) is 0 Å². The van der Waals surface area contributed by atoms with Crippen LogP contribution in [-0.4, -0.2) is 11.2 Å². The molecule has 2 aromatic carbocycles. The summed E-state index contributed by atoms with van der Waals surface area (Å²) >= 11 is 19.2. The van der Waals surface area contributed by atoms with Crippen LogP contribution in [0.3, 0.4) is 0 Å². The summed E-state index contributed by atoms with van der Waals surface area (Å²) in [6.07, 6.45) is 0. The van der Waals surface area contributed by atoms with Crippen LogP contribution in [0.1, 0.15) is 6.92 Å². The standard InChI is InChI=1S/C15H12Cl3NOS/c1-9(21-11-7-5-10(16)6-8-11)15(20)19-13-4-2-3-12(17)14(13)18/h2-9H,1H3,(H,19,20)/t9-/m1/s1. The minimum absolute atomic E-state index is 0.140. The van der Waals surface area contributed by atoms with Gasteiger partial charge in [0, 0.05) is 9.92 Å². The maximum atomic E-state index is 12.2. The Morgan fingerprint density at radius 3 is 2.43 bits per heavy atom. The van der Waals surface area contributed by atoms with E-state index in [4.69, 9.17) is 34.8 Å². The normalized spacial score (nSPS) is 12.0. The molecule has 0 aliphatic heterocycles. The van der Waals surface area contributed by atoms with E-state index in [1.807, 2.05) is 19.1 Å². The number of benzene rings is 2. The molecule has 0 radical (unpaired) electrons. The fraction of sp³-hybridized carbons (Fsp3) is 0.133. The zero-order chi connectivity index (χ0) is 15.4. The van der Waals surface area contributed by atoms with Crippen molar-refractivity contribution in [3.05, 3.63) is 57.5 Å². The van der Waals surface area contributed by atoms with E-state index in [0.29, 0.717) is 20.8 Å². The van der Waals surface area contributed by atoms with Gasteiger partial charge in [-0.05, 0) is 43.3 Å². The van der Waals surface area contributed by atoms with Crippen molar-refractivity contribution in [3.63, 3.8) is 0 Å². The van der Waals surface area contributed by atoms with Gasteiger partial charge in [0.25, 0.3) is 0 Å². The van der Waals surface area contributed by atoms with Crippen molar-refractivity contribution >= 4 is 58.2 Å². The Labute approximate surface area is 142 Å². The number of thioether (sulfide) groups is 1. The summed E-state index contributed by atoms with van der Waals surface area (Å²) in [5.41, 5.74) is 0.512. The molecule has 1 atom stereocenters. The summed E-state index contributed by atoms with van der Waals surface area (Å²) < 4.78 is 0. The number of nitrogens with one attached hydrogen (secondary N) is 1. The summed E-state index contributed by atoms with van der Waals surface area (Å²) in [5.74, 6) is -0.140. The third-order valence-electron chi connectivity index (χ3n) is 2.71. The van der Waals surface area contributed by atoms with Gasteiger partial charge in [-0.2, -0.15) is 0 Å². The fourth-order valence-electron chi connectivity index (χ4n) is 1.61. The van der Waals surface area contributed by atoms with Crippen LogP contribution in [0.2, 0.25) is 15.1 Å². The lowest BCUT2D eigenvalue weighted by molar-refractivity contribution is -0.115. The number of carbonyl (C=O) groups is 1. The fourth-order valence-corrected chi connectivity index (χ4v) is 2.95. The second kappa shape index (κ2) is 7.41. The van der Waals surface area contributed by atoms with E-state index in [2.05, 4.69) is 5.32 Å². The van der Waals surface area contributed by atoms with Crippen molar-refractivity contribution in [3.8, 4) is 0 Å². The zero-order valence-electron chi connectivity index (χ0n) is 11.1. The molecule has 0 spiro atoms. The Kier molecular flexibility index (Phi) is 5.82. The van der Waals surface area contributed by atoms with E-state index in [0.717, 1.165) is 4.90 Å². The Hall–Kier alpha value is -0.870. The van der Waals surface area contributed by atoms with Gasteiger partial charge in [0.05, 0.1) is 21.0 Å². The Bertz CT molecular complexity index is 646. The highest BCUT2D eigenvalue weighted by Gasteiger charge is 2.16. The molecule has 2 nitrogen and oxygen atoms in total.